The monoisotopic (exact) mass is 402 g/mol. The summed E-state index contributed by atoms with van der Waals surface area (Å²) < 4.78 is 52.4. The van der Waals surface area contributed by atoms with E-state index >= 15 is 0 Å². The Hall–Kier alpha value is -2.03. The largest absolute Gasteiger partial charge is 0.348 e. The van der Waals surface area contributed by atoms with Crippen molar-refractivity contribution in [2.24, 2.45) is 0 Å². The number of carbonyl (C=O) groups is 1. The predicted octanol–water partition coefficient (Wildman–Crippen LogP) is 3.12. The van der Waals surface area contributed by atoms with Crippen molar-refractivity contribution in [3.63, 3.8) is 0 Å². The number of hydrogen-bond donors (Lipinski definition) is 1. The lowest BCUT2D eigenvalue weighted by Gasteiger charge is -2.19. The molecule has 1 unspecified atom stereocenters. The molecule has 0 aliphatic carbocycles. The van der Waals surface area contributed by atoms with E-state index < -0.39 is 40.2 Å². The number of sulfonamides is 1. The zero-order chi connectivity index (χ0) is 19.5. The Morgan fingerprint density at radius 3 is 2.38 bits per heavy atom. The van der Waals surface area contributed by atoms with Gasteiger partial charge >= 0.3 is 0 Å². The van der Waals surface area contributed by atoms with Gasteiger partial charge in [-0.25, -0.2) is 17.2 Å². The Morgan fingerprint density at radius 1 is 1.19 bits per heavy atom. The lowest BCUT2D eigenvalue weighted by atomic mass is 10.1. The minimum Gasteiger partial charge on any atom is -0.348 e. The van der Waals surface area contributed by atoms with Crippen LogP contribution in [0.15, 0.2) is 47.4 Å². The number of nitrogens with one attached hydrogen (secondary N) is 1. The molecule has 2 aromatic carbocycles. The summed E-state index contributed by atoms with van der Waals surface area (Å²) in [5, 5.41) is 2.88. The summed E-state index contributed by atoms with van der Waals surface area (Å²) in [4.78, 5) is 12.1. The summed E-state index contributed by atoms with van der Waals surface area (Å²) in [6, 6.07) is 7.81. The van der Waals surface area contributed by atoms with Gasteiger partial charge in [-0.15, -0.1) is 0 Å². The maximum absolute atomic E-state index is 13.7. The Kier molecular flexibility index (Phi) is 6.33. The fourth-order valence-electron chi connectivity index (χ4n) is 2.29. The van der Waals surface area contributed by atoms with Crippen molar-refractivity contribution < 1.29 is 22.0 Å². The highest BCUT2D eigenvalue weighted by atomic mass is 35.5. The van der Waals surface area contributed by atoms with E-state index in [2.05, 4.69) is 5.32 Å². The molecule has 0 heterocycles. The van der Waals surface area contributed by atoms with Crippen LogP contribution in [0.4, 0.5) is 8.78 Å². The zero-order valence-corrected chi connectivity index (χ0v) is 15.6. The third kappa shape index (κ3) is 4.78. The minimum absolute atomic E-state index is 0.00479. The average molecular weight is 403 g/mol. The molecular weight excluding hydrogens is 386 g/mol. The second kappa shape index (κ2) is 8.11. The predicted molar refractivity (Wildman–Crippen MR) is 94.2 cm³/mol. The van der Waals surface area contributed by atoms with Crippen LogP contribution in [0.2, 0.25) is 5.02 Å². The number of carbonyl (C=O) groups excluding carboxylic acids is 1. The van der Waals surface area contributed by atoms with Crippen LogP contribution in [-0.2, 0) is 14.8 Å². The summed E-state index contributed by atoms with van der Waals surface area (Å²) in [7, 11) is -2.62. The second-order valence-electron chi connectivity index (χ2n) is 5.67. The third-order valence-electron chi connectivity index (χ3n) is 3.69. The Bertz CT molecular complexity index is 905. The van der Waals surface area contributed by atoms with Crippen molar-refractivity contribution in [3.8, 4) is 0 Å². The van der Waals surface area contributed by atoms with Crippen molar-refractivity contribution >= 4 is 27.5 Å². The highest BCUT2D eigenvalue weighted by Crippen LogP contribution is 2.19. The van der Waals surface area contributed by atoms with Crippen LogP contribution in [0.5, 0.6) is 0 Å². The minimum atomic E-state index is -3.87. The number of benzene rings is 2. The molecule has 2 aromatic rings. The Morgan fingerprint density at radius 2 is 1.81 bits per heavy atom. The fraction of sp³-hybridized carbons (Fsp3) is 0.235. The van der Waals surface area contributed by atoms with Crippen LogP contribution in [0.1, 0.15) is 18.5 Å². The first kappa shape index (κ1) is 20.3. The topological polar surface area (TPSA) is 66.5 Å². The first-order chi connectivity index (χ1) is 12.1. The number of hydrogen-bond acceptors (Lipinski definition) is 3. The van der Waals surface area contributed by atoms with E-state index in [1.54, 1.807) is 0 Å². The zero-order valence-electron chi connectivity index (χ0n) is 14.0. The third-order valence-corrected chi connectivity index (χ3v) is 5.76. The van der Waals surface area contributed by atoms with Crippen LogP contribution in [-0.4, -0.2) is 32.2 Å². The molecule has 9 heteroatoms. The number of amides is 1. The molecule has 0 saturated heterocycles. The molecule has 0 aliphatic rings. The number of likely N-dealkylation sites (N-methyl/N-ethyl adjacent to an activating group) is 1. The quantitative estimate of drug-likeness (QED) is 0.807. The second-order valence-corrected chi connectivity index (χ2v) is 8.15. The molecule has 5 nitrogen and oxygen atoms in total. The molecular formula is C17H17ClF2N2O3S. The van der Waals surface area contributed by atoms with Gasteiger partial charge in [0.15, 0.2) is 0 Å². The summed E-state index contributed by atoms with van der Waals surface area (Å²) >= 11 is 5.74. The molecule has 1 N–H and O–H groups in total. The molecule has 26 heavy (non-hydrogen) atoms. The Labute approximate surface area is 155 Å². The number of nitrogens with zero attached hydrogens (tertiary/aromatic N) is 1. The van der Waals surface area contributed by atoms with Crippen LogP contribution in [0.3, 0.4) is 0 Å². The summed E-state index contributed by atoms with van der Waals surface area (Å²) in [6.45, 7) is 1.06. The van der Waals surface area contributed by atoms with Crippen molar-refractivity contribution in [1.82, 2.24) is 9.62 Å². The summed E-state index contributed by atoms with van der Waals surface area (Å²) in [6.07, 6.45) is 0. The van der Waals surface area contributed by atoms with Gasteiger partial charge < -0.3 is 5.32 Å². The van der Waals surface area contributed by atoms with E-state index in [-0.39, 0.29) is 10.5 Å². The molecule has 0 aliphatic heterocycles. The molecule has 0 radical (unpaired) electrons. The molecule has 0 fully saturated rings. The van der Waals surface area contributed by atoms with Gasteiger partial charge in [0.05, 0.1) is 17.5 Å². The standard InChI is InChI=1S/C17H17ClF2N2O3S/c1-11(15-8-5-13(19)9-16(15)20)21-17(23)10-22(2)26(24,25)14-6-3-12(18)4-7-14/h3-9,11H,10H2,1-2H3,(H,21,23). The van der Waals surface area contributed by atoms with Crippen LogP contribution in [0, 0.1) is 11.6 Å². The first-order valence-corrected chi connectivity index (χ1v) is 9.39. The maximum Gasteiger partial charge on any atom is 0.243 e. The molecule has 1 atom stereocenters. The van der Waals surface area contributed by atoms with Gasteiger partial charge in [0.1, 0.15) is 11.6 Å². The molecule has 140 valence electrons. The van der Waals surface area contributed by atoms with Crippen molar-refractivity contribution in [3.05, 3.63) is 64.7 Å². The lowest BCUT2D eigenvalue weighted by molar-refractivity contribution is -0.121. The highest BCUT2D eigenvalue weighted by molar-refractivity contribution is 7.89. The summed E-state index contributed by atoms with van der Waals surface area (Å²) in [5.74, 6) is -2.14. The SMILES string of the molecule is CC(NC(=O)CN(C)S(=O)(=O)c1ccc(Cl)cc1)c1ccc(F)cc1F. The summed E-state index contributed by atoms with van der Waals surface area (Å²) in [5.41, 5.74) is 0.1000. The van der Waals surface area contributed by atoms with Gasteiger partial charge in [0, 0.05) is 23.7 Å². The normalized spacial score (nSPS) is 12.8. The maximum atomic E-state index is 13.7. The fourth-order valence-corrected chi connectivity index (χ4v) is 3.54. The van der Waals surface area contributed by atoms with Gasteiger partial charge in [-0.2, -0.15) is 4.31 Å². The van der Waals surface area contributed by atoms with E-state index in [1.165, 1.54) is 44.3 Å². The van der Waals surface area contributed by atoms with Crippen LogP contribution >= 0.6 is 11.6 Å². The van der Waals surface area contributed by atoms with Gasteiger partial charge in [-0.1, -0.05) is 17.7 Å². The smallest absolute Gasteiger partial charge is 0.243 e. The Balaban J connectivity index is 2.05. The van der Waals surface area contributed by atoms with Crippen molar-refractivity contribution in [2.45, 2.75) is 17.9 Å². The molecule has 2 rings (SSSR count). The highest BCUT2D eigenvalue weighted by Gasteiger charge is 2.24. The van der Waals surface area contributed by atoms with Gasteiger partial charge in [-0.3, -0.25) is 4.79 Å². The van der Waals surface area contributed by atoms with Gasteiger partial charge in [0.25, 0.3) is 0 Å². The van der Waals surface area contributed by atoms with E-state index in [4.69, 9.17) is 11.6 Å². The van der Waals surface area contributed by atoms with Gasteiger partial charge in [-0.05, 0) is 37.3 Å². The lowest BCUT2D eigenvalue weighted by Crippen LogP contribution is -2.39. The van der Waals surface area contributed by atoms with Crippen molar-refractivity contribution in [2.75, 3.05) is 13.6 Å². The molecule has 0 bridgehead atoms. The molecule has 1 amide bonds. The number of halogens is 3. The number of rotatable bonds is 6. The van der Waals surface area contributed by atoms with E-state index in [9.17, 15) is 22.0 Å². The van der Waals surface area contributed by atoms with E-state index in [0.717, 1.165) is 16.4 Å². The molecule has 0 spiro atoms. The first-order valence-electron chi connectivity index (χ1n) is 7.57. The average Bonchev–Trinajstić information content (AvgIpc) is 2.54. The van der Waals surface area contributed by atoms with Gasteiger partial charge in [0.2, 0.25) is 15.9 Å². The molecule has 0 saturated carbocycles. The van der Waals surface area contributed by atoms with Crippen LogP contribution in [0.25, 0.3) is 0 Å². The van der Waals surface area contributed by atoms with Crippen molar-refractivity contribution in [1.29, 1.82) is 0 Å². The molecule has 0 aromatic heterocycles. The van der Waals surface area contributed by atoms with Crippen LogP contribution < -0.4 is 5.32 Å². The van der Waals surface area contributed by atoms with E-state index in [0.29, 0.717) is 5.02 Å². The van der Waals surface area contributed by atoms with E-state index in [1.807, 2.05) is 0 Å².